The molecule has 68 heavy (non-hydrogen) atoms. The van der Waals surface area contributed by atoms with Crippen molar-refractivity contribution in [3.63, 3.8) is 0 Å². The summed E-state index contributed by atoms with van der Waals surface area (Å²) in [5.41, 5.74) is -4.90. The van der Waals surface area contributed by atoms with E-state index in [4.69, 9.17) is 37.9 Å². The maximum atomic E-state index is 13.1. The predicted molar refractivity (Wildman–Crippen MR) is 248 cm³/mol. The minimum atomic E-state index is -5.04. The molecule has 0 radical (unpaired) electrons. The molecule has 388 valence electrons. The summed E-state index contributed by atoms with van der Waals surface area (Å²) < 4.78 is 126. The number of hydrogen-bond donors (Lipinski definition) is 3. The van der Waals surface area contributed by atoms with E-state index in [1.54, 1.807) is 0 Å². The first-order chi connectivity index (χ1) is 32.0. The van der Waals surface area contributed by atoms with Gasteiger partial charge in [0.2, 0.25) is 0 Å². The van der Waals surface area contributed by atoms with Gasteiger partial charge in [-0.2, -0.15) is 26.3 Å². The van der Waals surface area contributed by atoms with E-state index in [9.17, 15) is 41.7 Å². The van der Waals surface area contributed by atoms with Crippen molar-refractivity contribution < 1.29 is 79.6 Å². The predicted octanol–water partition coefficient (Wildman–Crippen LogP) is 10.6. The van der Waals surface area contributed by atoms with Gasteiger partial charge in [0.05, 0.1) is 80.8 Å². The Morgan fingerprint density at radius 1 is 0.485 bits per heavy atom. The quantitative estimate of drug-likeness (QED) is 0.0390. The Morgan fingerprint density at radius 3 is 1.57 bits per heavy atom. The molecular weight excluding hydrogens is 903 g/mol. The number of benzene rings is 3. The van der Waals surface area contributed by atoms with Crippen LogP contribution in [0.15, 0.2) is 60.7 Å². The van der Waals surface area contributed by atoms with Crippen molar-refractivity contribution in [3.8, 4) is 11.5 Å². The Labute approximate surface area is 398 Å². The summed E-state index contributed by atoms with van der Waals surface area (Å²) >= 11 is 0. The van der Waals surface area contributed by atoms with E-state index in [2.05, 4.69) is 41.5 Å². The average molecular weight is 979 g/mol. The highest BCUT2D eigenvalue weighted by molar-refractivity contribution is 5.83. The molecular formula is C51H76F6O11. The molecule has 0 spiro atoms. The van der Waals surface area contributed by atoms with Crippen LogP contribution in [-0.2, 0) is 40.8 Å². The Bertz CT molecular complexity index is 1860. The van der Waals surface area contributed by atoms with E-state index in [-0.39, 0.29) is 44.5 Å². The van der Waals surface area contributed by atoms with Crippen molar-refractivity contribution in [1.29, 1.82) is 0 Å². The third-order valence-electron chi connectivity index (χ3n) is 13.3. The molecule has 6 atom stereocenters. The summed E-state index contributed by atoms with van der Waals surface area (Å²) in [6.07, 6.45) is -8.31. The number of rotatable bonds is 34. The lowest BCUT2D eigenvalue weighted by molar-refractivity contribution is -0.182. The van der Waals surface area contributed by atoms with Crippen LogP contribution in [0.4, 0.5) is 26.3 Å². The molecule has 0 aliphatic rings. The van der Waals surface area contributed by atoms with E-state index in [0.717, 1.165) is 36.5 Å². The molecule has 0 amide bonds. The van der Waals surface area contributed by atoms with Crippen LogP contribution in [0, 0.1) is 5.41 Å². The summed E-state index contributed by atoms with van der Waals surface area (Å²) in [6, 6.07) is 14.7. The number of fused-ring (bicyclic) bond motifs is 1. The third-order valence-corrected chi connectivity index (χ3v) is 13.3. The average Bonchev–Trinajstić information content (AvgIpc) is 3.31. The van der Waals surface area contributed by atoms with Gasteiger partial charge in [0, 0.05) is 12.0 Å². The summed E-state index contributed by atoms with van der Waals surface area (Å²) in [6.45, 7) is 17.5. The highest BCUT2D eigenvalue weighted by Crippen LogP contribution is 2.43. The van der Waals surface area contributed by atoms with Gasteiger partial charge >= 0.3 is 12.4 Å². The van der Waals surface area contributed by atoms with Gasteiger partial charge in [-0.15, -0.1) is 0 Å². The zero-order valence-corrected chi connectivity index (χ0v) is 41.1. The van der Waals surface area contributed by atoms with Gasteiger partial charge < -0.3 is 53.2 Å². The maximum absolute atomic E-state index is 13.1. The Kier molecular flexibility index (Phi) is 23.8. The third kappa shape index (κ3) is 18.8. The second-order valence-electron chi connectivity index (χ2n) is 18.2. The Morgan fingerprint density at radius 2 is 1.03 bits per heavy atom. The fourth-order valence-electron chi connectivity index (χ4n) is 7.54. The van der Waals surface area contributed by atoms with Gasteiger partial charge in [-0.1, -0.05) is 71.9 Å². The monoisotopic (exact) mass is 979 g/mol. The molecule has 6 unspecified atom stereocenters. The lowest BCUT2D eigenvalue weighted by Crippen LogP contribution is -2.50. The Balaban J connectivity index is 1.38. The molecule has 17 heteroatoms. The van der Waals surface area contributed by atoms with Crippen LogP contribution in [0.1, 0.15) is 111 Å². The molecule has 11 nitrogen and oxygen atoms in total. The van der Waals surface area contributed by atoms with E-state index < -0.39 is 77.6 Å². The number of ether oxygens (including phenoxy) is 8. The second-order valence-corrected chi connectivity index (χ2v) is 18.2. The van der Waals surface area contributed by atoms with Crippen LogP contribution in [0.2, 0.25) is 0 Å². The number of aliphatic hydroxyl groups is 3. The molecule has 0 aliphatic heterocycles. The summed E-state index contributed by atoms with van der Waals surface area (Å²) in [5, 5.41) is 33.2. The van der Waals surface area contributed by atoms with E-state index in [0.29, 0.717) is 63.6 Å². The number of alkyl halides is 6. The van der Waals surface area contributed by atoms with Crippen LogP contribution < -0.4 is 9.47 Å². The van der Waals surface area contributed by atoms with Crippen LogP contribution in [0.3, 0.4) is 0 Å². The normalized spacial score (nSPS) is 16.7. The molecule has 0 saturated heterocycles. The summed E-state index contributed by atoms with van der Waals surface area (Å²) in [5.74, 6) is -0.0229. The molecule has 0 aliphatic carbocycles. The molecule has 3 N–H and O–H groups in total. The first-order valence-corrected chi connectivity index (χ1v) is 23.7. The van der Waals surface area contributed by atoms with E-state index >= 15 is 0 Å². The smallest absolute Gasteiger partial charge is 0.416 e. The van der Waals surface area contributed by atoms with Crippen molar-refractivity contribution in [2.75, 3.05) is 72.7 Å². The molecule has 0 aromatic heterocycles. The topological polar surface area (TPSA) is 135 Å². The largest absolute Gasteiger partial charge is 0.491 e. The van der Waals surface area contributed by atoms with E-state index in [1.807, 2.05) is 56.3 Å². The van der Waals surface area contributed by atoms with Crippen LogP contribution in [0.5, 0.6) is 11.5 Å². The van der Waals surface area contributed by atoms with Crippen molar-refractivity contribution in [1.82, 2.24) is 0 Å². The van der Waals surface area contributed by atoms with Gasteiger partial charge in [-0.25, -0.2) is 0 Å². The van der Waals surface area contributed by atoms with Gasteiger partial charge in [0.15, 0.2) is 0 Å². The van der Waals surface area contributed by atoms with Gasteiger partial charge in [-0.3, -0.25) is 0 Å². The molecule has 3 aromatic carbocycles. The lowest BCUT2D eigenvalue weighted by atomic mass is 9.71. The molecule has 3 aromatic rings. The number of hydrogen-bond acceptors (Lipinski definition) is 11. The zero-order chi connectivity index (χ0) is 50.7. The summed E-state index contributed by atoms with van der Waals surface area (Å²) in [4.78, 5) is 0. The van der Waals surface area contributed by atoms with E-state index in [1.165, 1.54) is 0 Å². The van der Waals surface area contributed by atoms with Crippen LogP contribution >= 0.6 is 0 Å². The minimum Gasteiger partial charge on any atom is -0.491 e. The molecule has 0 fully saturated rings. The zero-order valence-electron chi connectivity index (χ0n) is 41.1. The minimum absolute atomic E-state index is 0.0164. The highest BCUT2D eigenvalue weighted by Gasteiger charge is 2.45. The Hall–Kier alpha value is -3.26. The molecule has 3 rings (SSSR count). The second kappa shape index (κ2) is 27.4. The summed E-state index contributed by atoms with van der Waals surface area (Å²) in [7, 11) is 0. The number of aliphatic hydroxyl groups excluding tert-OH is 3. The maximum Gasteiger partial charge on any atom is 0.416 e. The first-order valence-electron chi connectivity index (χ1n) is 23.7. The van der Waals surface area contributed by atoms with Crippen LogP contribution in [0.25, 0.3) is 10.8 Å². The highest BCUT2D eigenvalue weighted by atomic mass is 19.4. The lowest BCUT2D eigenvalue weighted by Gasteiger charge is -2.47. The van der Waals surface area contributed by atoms with Gasteiger partial charge in [0.25, 0.3) is 0 Å². The SMILES string of the molecule is CCC(C)(CCOCC(O)COCC(O)COc1cc(C(F)(F)F)cc(C(F)(F)F)c1)OCC(C)(CC)C(C)(CC)OCCC(CC)(CC)OCCOCC(O)COc1ccc2ccccc2c1. The van der Waals surface area contributed by atoms with Gasteiger partial charge in [0.1, 0.15) is 43.0 Å². The molecule has 0 heterocycles. The number of halogens is 6. The van der Waals surface area contributed by atoms with Crippen molar-refractivity contribution in [2.45, 2.75) is 148 Å². The van der Waals surface area contributed by atoms with Crippen molar-refractivity contribution in [3.05, 3.63) is 71.8 Å². The van der Waals surface area contributed by atoms with Crippen molar-refractivity contribution in [2.24, 2.45) is 5.41 Å². The van der Waals surface area contributed by atoms with Crippen molar-refractivity contribution >= 4 is 10.8 Å². The fourth-order valence-corrected chi connectivity index (χ4v) is 7.54. The standard InChI is InChI=1S/C51H76F6O11/c1-9-46(6,48(8,11-3)66-23-21-49(12-4,13-5)67-25-24-62-31-42(59)34-64-44-19-18-37-16-14-15-17-38(37)26-44)36-68-47(7,10-2)20-22-61-30-41(58)32-63-33-43(60)35-65-45-28-39(50(52,53)54)27-40(29-45)51(55,56)57/h14-19,26-29,41-43,58-60H,9-13,20-25,30-36H2,1-8H3. The first kappa shape index (κ1) is 59.1. The van der Waals surface area contributed by atoms with Gasteiger partial charge in [-0.05, 0) is 99.9 Å². The van der Waals surface area contributed by atoms with Crippen LogP contribution in [-0.4, -0.2) is 123 Å². The molecule has 0 saturated carbocycles. The fraction of sp³-hybridized carbons (Fsp3) is 0.686. The molecule has 0 bridgehead atoms.